The highest BCUT2D eigenvalue weighted by molar-refractivity contribution is 5.94. The second kappa shape index (κ2) is 9.35. The molecule has 2 fully saturated rings. The third kappa shape index (κ3) is 4.81. The summed E-state index contributed by atoms with van der Waals surface area (Å²) >= 11 is 0. The molecule has 148 valence electrons. The van der Waals surface area contributed by atoms with Crippen molar-refractivity contribution in [2.45, 2.75) is 31.2 Å². The van der Waals surface area contributed by atoms with E-state index in [-0.39, 0.29) is 5.91 Å². The van der Waals surface area contributed by atoms with Crippen molar-refractivity contribution in [3.63, 3.8) is 0 Å². The average Bonchev–Trinajstić information content (AvgIpc) is 3.24. The van der Waals surface area contributed by atoms with Crippen LogP contribution in [0.2, 0.25) is 0 Å². The van der Waals surface area contributed by atoms with Gasteiger partial charge in [0, 0.05) is 44.3 Å². The molecule has 28 heavy (non-hydrogen) atoms. The van der Waals surface area contributed by atoms with E-state index in [1.165, 1.54) is 25.1 Å². The Morgan fingerprint density at radius 2 is 1.57 bits per heavy atom. The standard InChI is InChI=1S/C24H31N3O/c28-24(21-9-5-2-6-10-21)27-16-12-23(13-17-27)25-14-18-26-15-11-22(19-26)20-7-3-1-4-8-20/h1-10,22-23,25H,11-19H2/t22-/m0/s1. The van der Waals surface area contributed by atoms with Gasteiger partial charge in [-0.05, 0) is 49.4 Å². The number of hydrogen-bond acceptors (Lipinski definition) is 3. The van der Waals surface area contributed by atoms with Crippen molar-refractivity contribution in [3.05, 3.63) is 71.8 Å². The minimum atomic E-state index is 0.170. The van der Waals surface area contributed by atoms with Gasteiger partial charge in [0.05, 0.1) is 0 Å². The van der Waals surface area contributed by atoms with Crippen molar-refractivity contribution in [2.75, 3.05) is 39.3 Å². The van der Waals surface area contributed by atoms with Crippen LogP contribution in [0.3, 0.4) is 0 Å². The first kappa shape index (κ1) is 19.2. The van der Waals surface area contributed by atoms with E-state index in [1.54, 1.807) is 0 Å². The number of carbonyl (C=O) groups excluding carboxylic acids is 1. The van der Waals surface area contributed by atoms with E-state index < -0.39 is 0 Å². The first-order valence-electron chi connectivity index (χ1n) is 10.6. The predicted molar refractivity (Wildman–Crippen MR) is 114 cm³/mol. The zero-order valence-corrected chi connectivity index (χ0v) is 16.6. The van der Waals surface area contributed by atoms with Crippen LogP contribution in [0.5, 0.6) is 0 Å². The van der Waals surface area contributed by atoms with Gasteiger partial charge in [0.1, 0.15) is 0 Å². The summed E-state index contributed by atoms with van der Waals surface area (Å²) in [6.07, 6.45) is 3.36. The topological polar surface area (TPSA) is 35.6 Å². The Morgan fingerprint density at radius 1 is 0.893 bits per heavy atom. The van der Waals surface area contributed by atoms with E-state index in [0.717, 1.165) is 44.6 Å². The average molecular weight is 378 g/mol. The van der Waals surface area contributed by atoms with Crippen molar-refractivity contribution >= 4 is 5.91 Å². The molecule has 1 amide bonds. The maximum atomic E-state index is 12.5. The molecule has 4 heteroatoms. The van der Waals surface area contributed by atoms with E-state index in [0.29, 0.717) is 12.0 Å². The van der Waals surface area contributed by atoms with E-state index in [2.05, 4.69) is 40.5 Å². The highest BCUT2D eigenvalue weighted by Crippen LogP contribution is 2.26. The fraction of sp³-hybridized carbons (Fsp3) is 0.458. The Bertz CT molecular complexity index is 741. The molecule has 0 radical (unpaired) electrons. The van der Waals surface area contributed by atoms with Gasteiger partial charge in [-0.15, -0.1) is 0 Å². The lowest BCUT2D eigenvalue weighted by Crippen LogP contribution is -2.46. The lowest BCUT2D eigenvalue weighted by atomic mass is 9.99. The summed E-state index contributed by atoms with van der Waals surface area (Å²) in [6, 6.07) is 21.1. The summed E-state index contributed by atoms with van der Waals surface area (Å²) < 4.78 is 0. The molecule has 0 saturated carbocycles. The molecule has 2 aliphatic rings. The third-order valence-corrected chi connectivity index (χ3v) is 6.21. The molecule has 2 heterocycles. The van der Waals surface area contributed by atoms with Crippen LogP contribution in [0.4, 0.5) is 0 Å². The third-order valence-electron chi connectivity index (χ3n) is 6.21. The molecule has 4 nitrogen and oxygen atoms in total. The van der Waals surface area contributed by atoms with Crippen LogP contribution in [0.15, 0.2) is 60.7 Å². The lowest BCUT2D eigenvalue weighted by molar-refractivity contribution is 0.0704. The fourth-order valence-corrected chi connectivity index (χ4v) is 4.51. The Morgan fingerprint density at radius 3 is 2.29 bits per heavy atom. The number of nitrogens with zero attached hydrogens (tertiary/aromatic N) is 2. The van der Waals surface area contributed by atoms with Gasteiger partial charge in [-0.25, -0.2) is 0 Å². The van der Waals surface area contributed by atoms with Crippen LogP contribution in [-0.4, -0.2) is 61.0 Å². The van der Waals surface area contributed by atoms with Gasteiger partial charge < -0.3 is 15.1 Å². The van der Waals surface area contributed by atoms with Gasteiger partial charge in [0.2, 0.25) is 0 Å². The van der Waals surface area contributed by atoms with Crippen molar-refractivity contribution in [3.8, 4) is 0 Å². The summed E-state index contributed by atoms with van der Waals surface area (Å²) in [4.78, 5) is 17.1. The molecule has 0 bridgehead atoms. The Kier molecular flexibility index (Phi) is 6.40. The van der Waals surface area contributed by atoms with Crippen LogP contribution in [0, 0.1) is 0 Å². The summed E-state index contributed by atoms with van der Waals surface area (Å²) in [5.41, 5.74) is 2.28. The van der Waals surface area contributed by atoms with Crippen LogP contribution in [0.25, 0.3) is 0 Å². The largest absolute Gasteiger partial charge is 0.339 e. The SMILES string of the molecule is O=C(c1ccccc1)N1CCC(NCCN2CC[C@H](c3ccccc3)C2)CC1. The maximum absolute atomic E-state index is 12.5. The second-order valence-electron chi connectivity index (χ2n) is 8.08. The van der Waals surface area contributed by atoms with Crippen LogP contribution < -0.4 is 5.32 Å². The minimum Gasteiger partial charge on any atom is -0.339 e. The number of carbonyl (C=O) groups is 1. The number of hydrogen-bond donors (Lipinski definition) is 1. The number of likely N-dealkylation sites (tertiary alicyclic amines) is 2. The first-order valence-corrected chi connectivity index (χ1v) is 10.6. The number of nitrogens with one attached hydrogen (secondary N) is 1. The van der Waals surface area contributed by atoms with Crippen LogP contribution in [-0.2, 0) is 0 Å². The molecule has 0 aliphatic carbocycles. The summed E-state index contributed by atoms with van der Waals surface area (Å²) in [5, 5.41) is 3.72. The minimum absolute atomic E-state index is 0.170. The number of benzene rings is 2. The normalized spacial score (nSPS) is 21.1. The van der Waals surface area contributed by atoms with Gasteiger partial charge in [-0.3, -0.25) is 4.79 Å². The molecule has 0 unspecified atom stereocenters. The van der Waals surface area contributed by atoms with Crippen molar-refractivity contribution in [1.82, 2.24) is 15.1 Å². The summed E-state index contributed by atoms with van der Waals surface area (Å²) in [7, 11) is 0. The highest BCUT2D eigenvalue weighted by atomic mass is 16.2. The van der Waals surface area contributed by atoms with Gasteiger partial charge in [0.25, 0.3) is 5.91 Å². The van der Waals surface area contributed by atoms with E-state index >= 15 is 0 Å². The molecule has 4 rings (SSSR count). The molecule has 2 aromatic rings. The van der Waals surface area contributed by atoms with Gasteiger partial charge in [-0.2, -0.15) is 0 Å². The zero-order valence-electron chi connectivity index (χ0n) is 16.6. The first-order chi connectivity index (χ1) is 13.8. The van der Waals surface area contributed by atoms with Crippen LogP contribution in [0.1, 0.15) is 41.1 Å². The van der Waals surface area contributed by atoms with Crippen molar-refractivity contribution < 1.29 is 4.79 Å². The molecule has 2 aliphatic heterocycles. The fourth-order valence-electron chi connectivity index (χ4n) is 4.51. The molecular formula is C24H31N3O. The van der Waals surface area contributed by atoms with E-state index in [9.17, 15) is 4.79 Å². The van der Waals surface area contributed by atoms with Crippen molar-refractivity contribution in [1.29, 1.82) is 0 Å². The molecule has 2 saturated heterocycles. The molecule has 2 aromatic carbocycles. The van der Waals surface area contributed by atoms with E-state index in [4.69, 9.17) is 0 Å². The molecule has 0 spiro atoms. The quantitative estimate of drug-likeness (QED) is 0.838. The Balaban J connectivity index is 1.15. The summed E-state index contributed by atoms with van der Waals surface area (Å²) in [5.74, 6) is 0.858. The zero-order chi connectivity index (χ0) is 19.2. The molecule has 0 aromatic heterocycles. The second-order valence-corrected chi connectivity index (χ2v) is 8.08. The van der Waals surface area contributed by atoms with Crippen LogP contribution >= 0.6 is 0 Å². The number of piperidine rings is 1. The van der Waals surface area contributed by atoms with Gasteiger partial charge in [-0.1, -0.05) is 48.5 Å². The molecule has 1 atom stereocenters. The monoisotopic (exact) mass is 377 g/mol. The maximum Gasteiger partial charge on any atom is 0.253 e. The van der Waals surface area contributed by atoms with E-state index in [1.807, 2.05) is 35.2 Å². The number of rotatable bonds is 6. The predicted octanol–water partition coefficient (Wildman–Crippen LogP) is 3.37. The smallest absolute Gasteiger partial charge is 0.253 e. The number of amides is 1. The molecule has 1 N–H and O–H groups in total. The molecular weight excluding hydrogens is 346 g/mol. The Hall–Kier alpha value is -2.17. The van der Waals surface area contributed by atoms with Crippen molar-refractivity contribution in [2.24, 2.45) is 0 Å². The highest BCUT2D eigenvalue weighted by Gasteiger charge is 2.25. The van der Waals surface area contributed by atoms with Gasteiger partial charge in [0.15, 0.2) is 0 Å². The van der Waals surface area contributed by atoms with Gasteiger partial charge >= 0.3 is 0 Å². The summed E-state index contributed by atoms with van der Waals surface area (Å²) in [6.45, 7) is 6.24. The lowest BCUT2D eigenvalue weighted by Gasteiger charge is -2.33. The Labute approximate surface area is 168 Å².